The van der Waals surface area contributed by atoms with Crippen LogP contribution in [0.3, 0.4) is 0 Å². The van der Waals surface area contributed by atoms with Crippen LogP contribution >= 0.6 is 0 Å². The lowest BCUT2D eigenvalue weighted by Crippen LogP contribution is -2.35. The Kier molecular flexibility index (Phi) is 4.13. The zero-order valence-corrected chi connectivity index (χ0v) is 13.8. The molecule has 3 heteroatoms. The van der Waals surface area contributed by atoms with Crippen LogP contribution in [-0.4, -0.2) is 18.0 Å². The highest BCUT2D eigenvalue weighted by Gasteiger charge is 2.24. The molecular weight excluding hydrogens is 308 g/mol. The lowest BCUT2D eigenvalue weighted by atomic mass is 10.0. The molecule has 1 aliphatic heterocycles. The van der Waals surface area contributed by atoms with E-state index < -0.39 is 0 Å². The SMILES string of the molecule is O=C(C1=Nc2ccccc2N(Cc2ccccc2)C1)c1ccccc1. The topological polar surface area (TPSA) is 32.7 Å². The van der Waals surface area contributed by atoms with Gasteiger partial charge < -0.3 is 4.90 Å². The van der Waals surface area contributed by atoms with E-state index in [0.717, 1.165) is 17.9 Å². The average molecular weight is 326 g/mol. The molecule has 3 aromatic rings. The van der Waals surface area contributed by atoms with E-state index in [0.29, 0.717) is 17.8 Å². The summed E-state index contributed by atoms with van der Waals surface area (Å²) >= 11 is 0. The van der Waals surface area contributed by atoms with Gasteiger partial charge in [0.15, 0.2) is 0 Å². The number of fused-ring (bicyclic) bond motifs is 1. The number of Topliss-reactive ketones (excluding diaryl/α,β-unsaturated/α-hetero) is 1. The highest BCUT2D eigenvalue weighted by molar-refractivity contribution is 6.48. The van der Waals surface area contributed by atoms with Crippen molar-refractivity contribution in [3.63, 3.8) is 0 Å². The van der Waals surface area contributed by atoms with Crippen LogP contribution in [0.1, 0.15) is 15.9 Å². The normalized spacial score (nSPS) is 13.1. The molecule has 1 aliphatic rings. The third kappa shape index (κ3) is 3.22. The maximum Gasteiger partial charge on any atom is 0.209 e. The van der Waals surface area contributed by atoms with Gasteiger partial charge in [-0.1, -0.05) is 72.8 Å². The number of benzene rings is 3. The summed E-state index contributed by atoms with van der Waals surface area (Å²) in [5, 5.41) is 0. The minimum Gasteiger partial charge on any atom is -0.359 e. The molecule has 3 aromatic carbocycles. The van der Waals surface area contributed by atoms with Crippen molar-refractivity contribution in [2.45, 2.75) is 6.54 Å². The van der Waals surface area contributed by atoms with Crippen LogP contribution in [0.25, 0.3) is 0 Å². The Morgan fingerprint density at radius 2 is 1.48 bits per heavy atom. The Hall–Kier alpha value is -3.20. The highest BCUT2D eigenvalue weighted by atomic mass is 16.1. The van der Waals surface area contributed by atoms with E-state index >= 15 is 0 Å². The van der Waals surface area contributed by atoms with Crippen LogP contribution in [0.5, 0.6) is 0 Å². The molecule has 0 bridgehead atoms. The van der Waals surface area contributed by atoms with Gasteiger partial charge >= 0.3 is 0 Å². The van der Waals surface area contributed by atoms with Gasteiger partial charge in [0.1, 0.15) is 5.71 Å². The summed E-state index contributed by atoms with van der Waals surface area (Å²) < 4.78 is 0. The smallest absolute Gasteiger partial charge is 0.209 e. The van der Waals surface area contributed by atoms with Crippen molar-refractivity contribution in [1.82, 2.24) is 0 Å². The fourth-order valence-electron chi connectivity index (χ4n) is 3.10. The lowest BCUT2D eigenvalue weighted by Gasteiger charge is -2.30. The van der Waals surface area contributed by atoms with Gasteiger partial charge in [-0.3, -0.25) is 4.79 Å². The monoisotopic (exact) mass is 326 g/mol. The number of rotatable bonds is 4. The number of hydrogen-bond donors (Lipinski definition) is 0. The van der Waals surface area contributed by atoms with Gasteiger partial charge in [-0.2, -0.15) is 0 Å². The van der Waals surface area contributed by atoms with Crippen molar-refractivity contribution < 1.29 is 4.79 Å². The Labute approximate surface area is 147 Å². The minimum absolute atomic E-state index is 0.00633. The Morgan fingerprint density at radius 3 is 2.24 bits per heavy atom. The molecule has 0 N–H and O–H groups in total. The largest absolute Gasteiger partial charge is 0.359 e. The summed E-state index contributed by atoms with van der Waals surface area (Å²) in [4.78, 5) is 19.7. The van der Waals surface area contributed by atoms with Gasteiger partial charge in [0.25, 0.3) is 0 Å². The van der Waals surface area contributed by atoms with Crippen LogP contribution in [-0.2, 0) is 6.54 Å². The number of carbonyl (C=O) groups excluding carboxylic acids is 1. The maximum absolute atomic E-state index is 12.9. The predicted octanol–water partition coefficient (Wildman–Crippen LogP) is 4.66. The van der Waals surface area contributed by atoms with E-state index in [9.17, 15) is 4.79 Å². The number of ketones is 1. The van der Waals surface area contributed by atoms with Gasteiger partial charge in [0.05, 0.1) is 17.9 Å². The third-order valence-corrected chi connectivity index (χ3v) is 4.33. The fourth-order valence-corrected chi connectivity index (χ4v) is 3.10. The second-order valence-electron chi connectivity index (χ2n) is 6.08. The van der Waals surface area contributed by atoms with Gasteiger partial charge in [0.2, 0.25) is 5.78 Å². The first-order valence-electron chi connectivity index (χ1n) is 8.36. The van der Waals surface area contributed by atoms with E-state index in [1.165, 1.54) is 5.56 Å². The second-order valence-corrected chi connectivity index (χ2v) is 6.08. The fraction of sp³-hybridized carbons (Fsp3) is 0.0909. The Balaban J connectivity index is 1.69. The number of para-hydroxylation sites is 2. The van der Waals surface area contributed by atoms with Crippen molar-refractivity contribution in [3.8, 4) is 0 Å². The van der Waals surface area contributed by atoms with Crippen molar-refractivity contribution >= 4 is 22.9 Å². The molecule has 0 atom stereocenters. The molecule has 1 heterocycles. The van der Waals surface area contributed by atoms with Gasteiger partial charge in [-0.25, -0.2) is 4.99 Å². The number of carbonyl (C=O) groups is 1. The van der Waals surface area contributed by atoms with E-state index in [4.69, 9.17) is 0 Å². The molecule has 3 nitrogen and oxygen atoms in total. The molecule has 0 unspecified atom stereocenters. The standard InChI is InChI=1S/C22H18N2O/c25-22(18-11-5-2-6-12-18)20-16-24(15-17-9-3-1-4-10-17)21-14-8-7-13-19(21)23-20/h1-14H,15-16H2. The first-order chi connectivity index (χ1) is 12.3. The van der Waals surface area contributed by atoms with Crippen molar-refractivity contribution in [3.05, 3.63) is 96.1 Å². The summed E-state index contributed by atoms with van der Waals surface area (Å²) in [7, 11) is 0. The first kappa shape index (κ1) is 15.3. The number of aliphatic imine (C=N–C) groups is 1. The zero-order chi connectivity index (χ0) is 17.1. The summed E-state index contributed by atoms with van der Waals surface area (Å²) in [6, 6.07) is 27.6. The number of hydrogen-bond acceptors (Lipinski definition) is 3. The van der Waals surface area contributed by atoms with E-state index in [-0.39, 0.29) is 5.78 Å². The van der Waals surface area contributed by atoms with Crippen LogP contribution in [0.15, 0.2) is 89.9 Å². The Bertz CT molecular complexity index is 917. The third-order valence-electron chi connectivity index (χ3n) is 4.33. The molecule has 4 rings (SSSR count). The van der Waals surface area contributed by atoms with E-state index in [1.54, 1.807) is 0 Å². The molecule has 122 valence electrons. The van der Waals surface area contributed by atoms with Crippen LogP contribution in [0.2, 0.25) is 0 Å². The van der Waals surface area contributed by atoms with Crippen molar-refractivity contribution in [2.24, 2.45) is 4.99 Å². The molecule has 0 amide bonds. The molecule has 0 aliphatic carbocycles. The van der Waals surface area contributed by atoms with Gasteiger partial charge in [-0.15, -0.1) is 0 Å². The van der Waals surface area contributed by atoms with Crippen LogP contribution in [0, 0.1) is 0 Å². The number of anilines is 1. The minimum atomic E-state index is -0.00633. The molecule has 0 fully saturated rings. The first-order valence-corrected chi connectivity index (χ1v) is 8.36. The van der Waals surface area contributed by atoms with E-state index in [1.807, 2.05) is 66.7 Å². The molecule has 25 heavy (non-hydrogen) atoms. The summed E-state index contributed by atoms with van der Waals surface area (Å²) in [5.74, 6) is -0.00633. The number of nitrogens with zero attached hydrogens (tertiary/aromatic N) is 2. The lowest BCUT2D eigenvalue weighted by molar-refractivity contribution is 0.106. The summed E-state index contributed by atoms with van der Waals surface area (Å²) in [6.07, 6.45) is 0. The van der Waals surface area contributed by atoms with Gasteiger partial charge in [0, 0.05) is 12.1 Å². The molecule has 0 saturated heterocycles. The zero-order valence-electron chi connectivity index (χ0n) is 13.8. The molecular formula is C22H18N2O. The average Bonchev–Trinajstić information content (AvgIpc) is 2.69. The quantitative estimate of drug-likeness (QED) is 0.653. The molecule has 0 saturated carbocycles. The van der Waals surface area contributed by atoms with Crippen molar-refractivity contribution in [2.75, 3.05) is 11.4 Å². The molecule has 0 aromatic heterocycles. The molecule has 0 radical (unpaired) electrons. The highest BCUT2D eigenvalue weighted by Crippen LogP contribution is 2.33. The Morgan fingerprint density at radius 1 is 0.840 bits per heavy atom. The second kappa shape index (κ2) is 6.73. The molecule has 0 spiro atoms. The van der Waals surface area contributed by atoms with Gasteiger partial charge in [-0.05, 0) is 17.7 Å². The maximum atomic E-state index is 12.9. The predicted molar refractivity (Wildman–Crippen MR) is 102 cm³/mol. The van der Waals surface area contributed by atoms with Crippen LogP contribution in [0.4, 0.5) is 11.4 Å². The van der Waals surface area contributed by atoms with Crippen LogP contribution < -0.4 is 4.90 Å². The summed E-state index contributed by atoms with van der Waals surface area (Å²) in [5.41, 5.74) is 4.40. The van der Waals surface area contributed by atoms with Crippen molar-refractivity contribution in [1.29, 1.82) is 0 Å². The summed E-state index contributed by atoms with van der Waals surface area (Å²) in [6.45, 7) is 1.26. The van der Waals surface area contributed by atoms with E-state index in [2.05, 4.69) is 28.1 Å².